The number of rotatable bonds is 1. The Morgan fingerprint density at radius 3 is 2.50 bits per heavy atom. The van der Waals surface area contributed by atoms with Crippen molar-refractivity contribution in [1.29, 1.82) is 0 Å². The van der Waals surface area contributed by atoms with E-state index >= 15 is 0 Å². The van der Waals surface area contributed by atoms with Crippen molar-refractivity contribution in [3.05, 3.63) is 83.3 Å². The van der Waals surface area contributed by atoms with E-state index in [0.717, 1.165) is 6.42 Å². The third kappa shape index (κ3) is 1.38. The number of hydrogen-bond acceptors (Lipinski definition) is 0. The minimum atomic E-state index is 0.532. The fourth-order valence-corrected chi connectivity index (χ4v) is 3.36. The normalized spacial score (nSPS) is 24.0. The summed E-state index contributed by atoms with van der Waals surface area (Å²) in [7, 11) is 0. The van der Waals surface area contributed by atoms with Crippen LogP contribution in [0.4, 0.5) is 0 Å². The maximum Gasteiger partial charge on any atom is 0.00989 e. The Bertz CT molecular complexity index is 621. The van der Waals surface area contributed by atoms with Crippen LogP contribution < -0.4 is 0 Å². The van der Waals surface area contributed by atoms with Crippen molar-refractivity contribution >= 4 is 6.08 Å². The summed E-state index contributed by atoms with van der Waals surface area (Å²) in [6.07, 6.45) is 8.23. The third-order valence-corrected chi connectivity index (χ3v) is 4.23. The predicted octanol–water partition coefficient (Wildman–Crippen LogP) is 4.34. The molecule has 0 amide bonds. The maximum absolute atomic E-state index is 2.47. The van der Waals surface area contributed by atoms with Crippen molar-refractivity contribution in [2.24, 2.45) is 0 Å². The summed E-state index contributed by atoms with van der Waals surface area (Å²) >= 11 is 0. The Balaban J connectivity index is 1.77. The second kappa shape index (κ2) is 3.84. The number of hydrogen-bond donors (Lipinski definition) is 0. The summed E-state index contributed by atoms with van der Waals surface area (Å²) in [5, 5.41) is 0. The molecule has 87 valence electrons. The summed E-state index contributed by atoms with van der Waals surface area (Å²) in [5.74, 6) is 1.09. The zero-order valence-corrected chi connectivity index (χ0v) is 10.2. The zero-order chi connectivity index (χ0) is 11.9. The molecule has 0 aromatic heterocycles. The van der Waals surface area contributed by atoms with Gasteiger partial charge in [-0.3, -0.25) is 0 Å². The molecule has 1 radical (unpaired) electrons. The number of fused-ring (bicyclic) bond motifs is 2. The Labute approximate surface area is 108 Å². The summed E-state index contributed by atoms with van der Waals surface area (Å²) in [5.41, 5.74) is 5.89. The molecule has 2 unspecified atom stereocenters. The molecule has 0 fully saturated rings. The highest BCUT2D eigenvalue weighted by Gasteiger charge is 2.31. The molecule has 0 heteroatoms. The van der Waals surface area contributed by atoms with Crippen LogP contribution in [-0.2, 0) is 6.42 Å². The maximum atomic E-state index is 2.47. The van der Waals surface area contributed by atoms with Gasteiger partial charge in [-0.25, -0.2) is 0 Å². The lowest BCUT2D eigenvalue weighted by atomic mass is 9.84. The first kappa shape index (κ1) is 10.1. The van der Waals surface area contributed by atoms with Gasteiger partial charge in [0.2, 0.25) is 0 Å². The highest BCUT2D eigenvalue weighted by molar-refractivity contribution is 5.64. The lowest BCUT2D eigenvalue weighted by Gasteiger charge is -2.19. The van der Waals surface area contributed by atoms with Crippen molar-refractivity contribution in [1.82, 2.24) is 0 Å². The van der Waals surface area contributed by atoms with Gasteiger partial charge in [0.05, 0.1) is 0 Å². The molecule has 2 aliphatic rings. The van der Waals surface area contributed by atoms with Gasteiger partial charge in [0.1, 0.15) is 0 Å². The first-order chi connectivity index (χ1) is 8.93. The summed E-state index contributed by atoms with van der Waals surface area (Å²) in [6.45, 7) is 0. The highest BCUT2D eigenvalue weighted by atomic mass is 14.3. The van der Waals surface area contributed by atoms with Gasteiger partial charge < -0.3 is 0 Å². The van der Waals surface area contributed by atoms with Crippen LogP contribution >= 0.6 is 0 Å². The van der Waals surface area contributed by atoms with Gasteiger partial charge in [0.25, 0.3) is 0 Å². The first-order valence-electron chi connectivity index (χ1n) is 6.62. The van der Waals surface area contributed by atoms with E-state index in [1.807, 2.05) is 0 Å². The van der Waals surface area contributed by atoms with Crippen LogP contribution in [0, 0.1) is 6.42 Å². The van der Waals surface area contributed by atoms with Gasteiger partial charge in [0.15, 0.2) is 0 Å². The Kier molecular flexibility index (Phi) is 2.16. The molecule has 4 rings (SSSR count). The van der Waals surface area contributed by atoms with E-state index in [4.69, 9.17) is 0 Å². The van der Waals surface area contributed by atoms with E-state index in [0.29, 0.717) is 11.8 Å². The summed E-state index contributed by atoms with van der Waals surface area (Å²) in [6, 6.07) is 17.6. The molecule has 0 aliphatic heterocycles. The van der Waals surface area contributed by atoms with E-state index in [9.17, 15) is 0 Å². The minimum absolute atomic E-state index is 0.532. The van der Waals surface area contributed by atoms with Crippen LogP contribution in [0.25, 0.3) is 6.08 Å². The smallest absolute Gasteiger partial charge is 0.00989 e. The first-order valence-corrected chi connectivity index (χ1v) is 6.62. The van der Waals surface area contributed by atoms with E-state index in [1.54, 1.807) is 0 Å². The average Bonchev–Trinajstić information content (AvgIpc) is 3.01. The lowest BCUT2D eigenvalue weighted by molar-refractivity contribution is 0.721. The second-order valence-electron chi connectivity index (χ2n) is 5.18. The lowest BCUT2D eigenvalue weighted by Crippen LogP contribution is -2.05. The molecule has 0 N–H and O–H groups in total. The molecule has 0 saturated carbocycles. The van der Waals surface area contributed by atoms with Gasteiger partial charge in [-0.15, -0.1) is 0 Å². The van der Waals surface area contributed by atoms with Crippen LogP contribution in [0.5, 0.6) is 0 Å². The van der Waals surface area contributed by atoms with Gasteiger partial charge in [-0.05, 0) is 41.0 Å². The third-order valence-electron chi connectivity index (χ3n) is 4.23. The minimum Gasteiger partial charge on any atom is -0.0758 e. The molecule has 0 saturated heterocycles. The van der Waals surface area contributed by atoms with Crippen LogP contribution in [0.15, 0.2) is 54.6 Å². The SMILES string of the molecule is [CH]1Cc2ccccc2C1C1C=Cc2ccccc21. The van der Waals surface area contributed by atoms with E-state index < -0.39 is 0 Å². The molecule has 2 aliphatic carbocycles. The molecule has 0 nitrogen and oxygen atoms in total. The predicted molar refractivity (Wildman–Crippen MR) is 75.4 cm³/mol. The van der Waals surface area contributed by atoms with E-state index in [1.165, 1.54) is 22.3 Å². The monoisotopic (exact) mass is 231 g/mol. The van der Waals surface area contributed by atoms with Crippen molar-refractivity contribution < 1.29 is 0 Å². The van der Waals surface area contributed by atoms with Crippen molar-refractivity contribution in [2.45, 2.75) is 18.3 Å². The second-order valence-corrected chi connectivity index (χ2v) is 5.18. The number of benzene rings is 2. The Morgan fingerprint density at radius 1 is 0.778 bits per heavy atom. The van der Waals surface area contributed by atoms with Gasteiger partial charge in [0, 0.05) is 5.92 Å². The fraction of sp³-hybridized carbons (Fsp3) is 0.167. The largest absolute Gasteiger partial charge is 0.0758 e. The van der Waals surface area contributed by atoms with Gasteiger partial charge in [-0.2, -0.15) is 0 Å². The van der Waals surface area contributed by atoms with Crippen molar-refractivity contribution in [3.8, 4) is 0 Å². The van der Waals surface area contributed by atoms with Gasteiger partial charge in [-0.1, -0.05) is 60.7 Å². The molecule has 18 heavy (non-hydrogen) atoms. The molecule has 0 spiro atoms. The number of allylic oxidation sites excluding steroid dienone is 1. The molecule has 2 aromatic carbocycles. The van der Waals surface area contributed by atoms with Crippen LogP contribution in [-0.4, -0.2) is 0 Å². The molecule has 0 heterocycles. The Hall–Kier alpha value is -1.82. The van der Waals surface area contributed by atoms with E-state index in [-0.39, 0.29) is 0 Å². The summed E-state index contributed by atoms with van der Waals surface area (Å²) in [4.78, 5) is 0. The van der Waals surface area contributed by atoms with E-state index in [2.05, 4.69) is 67.1 Å². The van der Waals surface area contributed by atoms with Crippen LogP contribution in [0.3, 0.4) is 0 Å². The molecular weight excluding hydrogens is 216 g/mol. The summed E-state index contributed by atoms with van der Waals surface area (Å²) < 4.78 is 0. The highest BCUT2D eigenvalue weighted by Crippen LogP contribution is 2.46. The quantitative estimate of drug-likeness (QED) is 0.684. The molecule has 2 aromatic rings. The average molecular weight is 231 g/mol. The zero-order valence-electron chi connectivity index (χ0n) is 10.2. The molecule has 2 atom stereocenters. The van der Waals surface area contributed by atoms with Crippen LogP contribution in [0.1, 0.15) is 34.1 Å². The standard InChI is InChI=1S/C18H15/c1-3-7-15-13(5-1)9-11-17(15)18-12-10-14-6-2-4-8-16(14)18/h1-9,11-12,17-18H,10H2. The van der Waals surface area contributed by atoms with Gasteiger partial charge >= 0.3 is 0 Å². The van der Waals surface area contributed by atoms with Crippen molar-refractivity contribution in [3.63, 3.8) is 0 Å². The molecule has 0 bridgehead atoms. The Morgan fingerprint density at radius 2 is 1.56 bits per heavy atom. The molecular formula is C18H15. The van der Waals surface area contributed by atoms with Crippen LogP contribution in [0.2, 0.25) is 0 Å². The van der Waals surface area contributed by atoms with Crippen molar-refractivity contribution in [2.75, 3.05) is 0 Å². The fourth-order valence-electron chi connectivity index (χ4n) is 3.36. The topological polar surface area (TPSA) is 0 Å².